The molecular formula is C20H21ClN2O2. The van der Waals surface area contributed by atoms with Crippen molar-refractivity contribution in [3.8, 4) is 5.75 Å². The number of nitrogens with zero attached hydrogens (tertiary/aromatic N) is 1. The van der Waals surface area contributed by atoms with Gasteiger partial charge in [0.25, 0.3) is 0 Å². The van der Waals surface area contributed by atoms with Gasteiger partial charge in [-0.3, -0.25) is 9.69 Å². The monoisotopic (exact) mass is 356 g/mol. The Balaban J connectivity index is 1.56. The molecule has 1 N–H and O–H groups in total. The lowest BCUT2D eigenvalue weighted by molar-refractivity contribution is 0.183. The molecule has 3 aromatic rings. The molecule has 0 bridgehead atoms. The van der Waals surface area contributed by atoms with Crippen LogP contribution in [0.4, 0.5) is 0 Å². The molecule has 0 amide bonds. The SMILES string of the molecule is O=c1c2ccc(Cl)cc2[nH]c2cc(OCCN3CCCCC3)ccc12. The maximum atomic E-state index is 12.6. The van der Waals surface area contributed by atoms with E-state index in [9.17, 15) is 4.79 Å². The van der Waals surface area contributed by atoms with Crippen LogP contribution in [-0.4, -0.2) is 36.1 Å². The minimum Gasteiger partial charge on any atom is -0.492 e. The molecule has 1 fully saturated rings. The molecule has 4 nitrogen and oxygen atoms in total. The first-order valence-corrected chi connectivity index (χ1v) is 9.19. The van der Waals surface area contributed by atoms with Crippen molar-refractivity contribution in [2.75, 3.05) is 26.2 Å². The number of H-pyrrole nitrogens is 1. The lowest BCUT2D eigenvalue weighted by atomic mass is 10.1. The van der Waals surface area contributed by atoms with E-state index in [-0.39, 0.29) is 5.43 Å². The summed E-state index contributed by atoms with van der Waals surface area (Å²) in [5.74, 6) is 0.779. The van der Waals surface area contributed by atoms with Gasteiger partial charge in [0.1, 0.15) is 12.4 Å². The first-order chi connectivity index (χ1) is 12.2. The highest BCUT2D eigenvalue weighted by Gasteiger charge is 2.10. The van der Waals surface area contributed by atoms with E-state index in [1.807, 2.05) is 18.2 Å². The number of aromatic nitrogens is 1. The third-order valence-electron chi connectivity index (χ3n) is 4.86. The molecule has 1 aromatic heterocycles. The largest absolute Gasteiger partial charge is 0.492 e. The van der Waals surface area contributed by atoms with Crippen LogP contribution in [-0.2, 0) is 0 Å². The summed E-state index contributed by atoms with van der Waals surface area (Å²) < 4.78 is 5.90. The number of pyridine rings is 1. The minimum absolute atomic E-state index is 0.0142. The fourth-order valence-corrected chi connectivity index (χ4v) is 3.67. The van der Waals surface area contributed by atoms with E-state index in [1.165, 1.54) is 32.4 Å². The maximum absolute atomic E-state index is 12.6. The number of aromatic amines is 1. The molecule has 1 aliphatic heterocycles. The Hall–Kier alpha value is -2.04. The molecule has 0 spiro atoms. The molecule has 130 valence electrons. The topological polar surface area (TPSA) is 45.3 Å². The smallest absolute Gasteiger partial charge is 0.197 e. The van der Waals surface area contributed by atoms with Crippen LogP contribution in [0.1, 0.15) is 19.3 Å². The van der Waals surface area contributed by atoms with E-state index >= 15 is 0 Å². The van der Waals surface area contributed by atoms with Crippen molar-refractivity contribution >= 4 is 33.4 Å². The fraction of sp³-hybridized carbons (Fsp3) is 0.350. The van der Waals surface area contributed by atoms with Crippen molar-refractivity contribution in [3.05, 3.63) is 51.6 Å². The van der Waals surface area contributed by atoms with E-state index in [4.69, 9.17) is 16.3 Å². The van der Waals surface area contributed by atoms with Gasteiger partial charge < -0.3 is 9.72 Å². The van der Waals surface area contributed by atoms with Gasteiger partial charge in [-0.2, -0.15) is 0 Å². The van der Waals surface area contributed by atoms with Crippen LogP contribution in [0, 0.1) is 0 Å². The Bertz CT molecular complexity index is 961. The zero-order valence-electron chi connectivity index (χ0n) is 14.1. The van der Waals surface area contributed by atoms with Crippen LogP contribution < -0.4 is 10.2 Å². The van der Waals surface area contributed by atoms with Crippen LogP contribution >= 0.6 is 11.6 Å². The van der Waals surface area contributed by atoms with Crippen molar-refractivity contribution in [1.82, 2.24) is 9.88 Å². The van der Waals surface area contributed by atoms with Gasteiger partial charge in [-0.25, -0.2) is 0 Å². The number of ether oxygens (including phenoxy) is 1. The van der Waals surface area contributed by atoms with Gasteiger partial charge in [-0.1, -0.05) is 18.0 Å². The molecular weight excluding hydrogens is 336 g/mol. The number of hydrogen-bond acceptors (Lipinski definition) is 3. The molecule has 0 aliphatic carbocycles. The predicted molar refractivity (Wildman–Crippen MR) is 103 cm³/mol. The van der Waals surface area contributed by atoms with Crippen LogP contribution in [0.3, 0.4) is 0 Å². The average molecular weight is 357 g/mol. The summed E-state index contributed by atoms with van der Waals surface area (Å²) in [7, 11) is 0. The van der Waals surface area contributed by atoms with Crippen molar-refractivity contribution in [1.29, 1.82) is 0 Å². The normalized spacial score (nSPS) is 15.7. The standard InChI is InChI=1S/C20H21ClN2O2/c21-14-4-6-16-18(12-14)22-19-13-15(5-7-17(19)20(16)24)25-11-10-23-8-2-1-3-9-23/h4-7,12-13H,1-3,8-11H2,(H,22,24). The maximum Gasteiger partial charge on any atom is 0.197 e. The summed E-state index contributed by atoms with van der Waals surface area (Å²) in [6, 6.07) is 10.9. The summed E-state index contributed by atoms with van der Waals surface area (Å²) in [6.07, 6.45) is 3.91. The number of piperidine rings is 1. The van der Waals surface area contributed by atoms with Crippen LogP contribution in [0.2, 0.25) is 5.02 Å². The second-order valence-electron chi connectivity index (χ2n) is 6.60. The summed E-state index contributed by atoms with van der Waals surface area (Å²) in [5, 5.41) is 1.92. The Morgan fingerprint density at radius 2 is 1.72 bits per heavy atom. The van der Waals surface area contributed by atoms with Crippen LogP contribution in [0.15, 0.2) is 41.2 Å². The van der Waals surface area contributed by atoms with E-state index in [1.54, 1.807) is 18.2 Å². The van der Waals surface area contributed by atoms with Gasteiger partial charge in [0.15, 0.2) is 5.43 Å². The first-order valence-electron chi connectivity index (χ1n) is 8.81. The fourth-order valence-electron chi connectivity index (χ4n) is 3.50. The molecule has 2 heterocycles. The highest BCUT2D eigenvalue weighted by molar-refractivity contribution is 6.31. The van der Waals surface area contributed by atoms with Crippen molar-refractivity contribution in [2.45, 2.75) is 19.3 Å². The van der Waals surface area contributed by atoms with E-state index in [2.05, 4.69) is 9.88 Å². The van der Waals surface area contributed by atoms with Gasteiger partial charge in [-0.15, -0.1) is 0 Å². The molecule has 5 heteroatoms. The third kappa shape index (κ3) is 3.51. The van der Waals surface area contributed by atoms with Crippen LogP contribution in [0.5, 0.6) is 5.75 Å². The number of halogens is 1. The van der Waals surface area contributed by atoms with Crippen molar-refractivity contribution in [3.63, 3.8) is 0 Å². The Labute approximate surface area is 151 Å². The number of likely N-dealkylation sites (tertiary alicyclic amines) is 1. The summed E-state index contributed by atoms with van der Waals surface area (Å²) in [6.45, 7) is 3.94. The van der Waals surface area contributed by atoms with Gasteiger partial charge in [-0.05, 0) is 56.3 Å². The Morgan fingerprint density at radius 1 is 1.00 bits per heavy atom. The second-order valence-corrected chi connectivity index (χ2v) is 7.04. The van der Waals surface area contributed by atoms with Gasteiger partial charge in [0.05, 0.1) is 11.0 Å². The first kappa shape index (κ1) is 16.4. The van der Waals surface area contributed by atoms with E-state index in [0.29, 0.717) is 22.4 Å². The predicted octanol–water partition coefficient (Wildman–Crippen LogP) is 4.20. The molecule has 25 heavy (non-hydrogen) atoms. The van der Waals surface area contributed by atoms with Crippen LogP contribution in [0.25, 0.3) is 21.8 Å². The van der Waals surface area contributed by atoms with Gasteiger partial charge >= 0.3 is 0 Å². The highest BCUT2D eigenvalue weighted by Crippen LogP contribution is 2.22. The quantitative estimate of drug-likeness (QED) is 0.712. The van der Waals surface area contributed by atoms with Crippen molar-refractivity contribution in [2.24, 2.45) is 0 Å². The molecule has 0 radical (unpaired) electrons. The lowest BCUT2D eigenvalue weighted by Gasteiger charge is -2.26. The summed E-state index contributed by atoms with van der Waals surface area (Å²) >= 11 is 6.04. The van der Waals surface area contributed by atoms with Crippen molar-refractivity contribution < 1.29 is 4.74 Å². The number of nitrogens with one attached hydrogen (secondary N) is 1. The third-order valence-corrected chi connectivity index (χ3v) is 5.09. The van der Waals surface area contributed by atoms with Gasteiger partial charge in [0.2, 0.25) is 0 Å². The number of benzene rings is 2. The molecule has 2 aromatic carbocycles. The van der Waals surface area contributed by atoms with E-state index in [0.717, 1.165) is 23.3 Å². The zero-order valence-corrected chi connectivity index (χ0v) is 14.8. The Kier molecular flexibility index (Phi) is 4.64. The minimum atomic E-state index is 0.0142. The second kappa shape index (κ2) is 7.06. The Morgan fingerprint density at radius 3 is 2.52 bits per heavy atom. The number of rotatable bonds is 4. The van der Waals surface area contributed by atoms with E-state index < -0.39 is 0 Å². The molecule has 0 atom stereocenters. The summed E-state index contributed by atoms with van der Waals surface area (Å²) in [5.41, 5.74) is 1.53. The summed E-state index contributed by atoms with van der Waals surface area (Å²) in [4.78, 5) is 18.4. The number of hydrogen-bond donors (Lipinski definition) is 1. The molecule has 0 unspecified atom stereocenters. The molecule has 4 rings (SSSR count). The lowest BCUT2D eigenvalue weighted by Crippen LogP contribution is -2.33. The highest BCUT2D eigenvalue weighted by atomic mass is 35.5. The zero-order chi connectivity index (χ0) is 17.2. The number of fused-ring (bicyclic) bond motifs is 2. The molecule has 0 saturated carbocycles. The van der Waals surface area contributed by atoms with Gasteiger partial charge in [0, 0.05) is 28.4 Å². The molecule has 1 saturated heterocycles. The molecule has 1 aliphatic rings. The average Bonchev–Trinajstić information content (AvgIpc) is 2.62.